The van der Waals surface area contributed by atoms with Gasteiger partial charge in [0.15, 0.2) is 0 Å². The van der Waals surface area contributed by atoms with Crippen LogP contribution in [0, 0.1) is 5.92 Å². The molecule has 1 aliphatic rings. The summed E-state index contributed by atoms with van der Waals surface area (Å²) in [6, 6.07) is 15.2. The van der Waals surface area contributed by atoms with E-state index < -0.39 is 6.04 Å². The van der Waals surface area contributed by atoms with Crippen LogP contribution >= 0.6 is 24.0 Å². The lowest BCUT2D eigenvalue weighted by atomic mass is 10.1. The molecule has 0 bridgehead atoms. The fourth-order valence-electron chi connectivity index (χ4n) is 3.50. The Bertz CT molecular complexity index is 1220. The van der Waals surface area contributed by atoms with Crippen molar-refractivity contribution in [2.24, 2.45) is 5.92 Å². The van der Waals surface area contributed by atoms with Crippen molar-refractivity contribution < 1.29 is 9.53 Å². The van der Waals surface area contributed by atoms with Crippen molar-refractivity contribution in [2.45, 2.75) is 36.3 Å². The van der Waals surface area contributed by atoms with Crippen LogP contribution in [0.15, 0.2) is 59.1 Å². The molecular weight excluding hydrogens is 442 g/mol. The molecule has 164 valence electrons. The fourth-order valence-corrected chi connectivity index (χ4v) is 4.64. The summed E-state index contributed by atoms with van der Waals surface area (Å²) in [4.78, 5) is 17.3. The fraction of sp³-hybridized carbons (Fsp3) is 0.304. The Morgan fingerprint density at radius 3 is 2.91 bits per heavy atom. The summed E-state index contributed by atoms with van der Waals surface area (Å²) < 4.78 is 9.30. The van der Waals surface area contributed by atoms with E-state index in [1.807, 2.05) is 48.5 Å². The molecule has 2 aromatic carbocycles. The first kappa shape index (κ1) is 21.0. The molecule has 0 aliphatic heterocycles. The third kappa shape index (κ3) is 5.11. The van der Waals surface area contributed by atoms with Crippen molar-refractivity contribution in [2.75, 3.05) is 6.54 Å². The Labute approximate surface area is 195 Å². The normalized spacial score (nSPS) is 14.4. The molecule has 1 aliphatic carbocycles. The van der Waals surface area contributed by atoms with E-state index in [1.165, 1.54) is 24.2 Å². The van der Waals surface area contributed by atoms with Crippen LogP contribution < -0.4 is 10.1 Å². The largest absolute Gasteiger partial charge is 0.487 e. The van der Waals surface area contributed by atoms with Crippen molar-refractivity contribution in [1.29, 1.82) is 0 Å². The van der Waals surface area contributed by atoms with Gasteiger partial charge >= 0.3 is 0 Å². The summed E-state index contributed by atoms with van der Waals surface area (Å²) in [5.41, 5.74) is 2.64. The van der Waals surface area contributed by atoms with Gasteiger partial charge in [0.25, 0.3) is 0 Å². The number of thiol groups is 1. The van der Waals surface area contributed by atoms with E-state index in [4.69, 9.17) is 4.74 Å². The van der Waals surface area contributed by atoms with Crippen LogP contribution in [0.5, 0.6) is 5.75 Å². The van der Waals surface area contributed by atoms with Gasteiger partial charge in [0.1, 0.15) is 28.4 Å². The Morgan fingerprint density at radius 2 is 2.09 bits per heavy atom. The van der Waals surface area contributed by atoms with Crippen molar-refractivity contribution in [3.8, 4) is 5.75 Å². The molecule has 9 heteroatoms. The molecule has 7 nitrogen and oxygen atoms in total. The van der Waals surface area contributed by atoms with E-state index in [-0.39, 0.29) is 12.5 Å². The molecule has 0 unspecified atom stereocenters. The molecule has 0 spiro atoms. The summed E-state index contributed by atoms with van der Waals surface area (Å²) in [6.07, 6.45) is 4.73. The molecular formula is C23H23N5O2S2. The number of rotatable bonds is 9. The summed E-state index contributed by atoms with van der Waals surface area (Å²) in [5.74, 6) is 1.31. The molecule has 2 aromatic heterocycles. The lowest BCUT2D eigenvalue weighted by molar-refractivity contribution is -0.124. The Hall–Kier alpha value is -2.91. The van der Waals surface area contributed by atoms with Crippen LogP contribution in [-0.2, 0) is 17.8 Å². The second-order valence-corrected chi connectivity index (χ2v) is 9.76. The number of benzene rings is 2. The van der Waals surface area contributed by atoms with Crippen LogP contribution in [0.3, 0.4) is 0 Å². The molecule has 32 heavy (non-hydrogen) atoms. The zero-order chi connectivity index (χ0) is 21.9. The number of ether oxygens (including phenoxy) is 1. The predicted molar refractivity (Wildman–Crippen MR) is 126 cm³/mol. The number of nitrogens with zero attached hydrogens (tertiary/aromatic N) is 4. The molecule has 5 rings (SSSR count). The van der Waals surface area contributed by atoms with Crippen LogP contribution in [0.2, 0.25) is 0 Å². The topological polar surface area (TPSA) is 81.9 Å². The maximum Gasteiger partial charge on any atom is 0.245 e. The van der Waals surface area contributed by atoms with Crippen LogP contribution in [-0.4, -0.2) is 32.4 Å². The highest BCUT2D eigenvalue weighted by Crippen LogP contribution is 2.29. The van der Waals surface area contributed by atoms with Gasteiger partial charge in [-0.2, -0.15) is 0 Å². The van der Waals surface area contributed by atoms with Gasteiger partial charge in [0, 0.05) is 13.0 Å². The summed E-state index contributed by atoms with van der Waals surface area (Å²) in [7, 11) is 0. The van der Waals surface area contributed by atoms with E-state index in [9.17, 15) is 4.79 Å². The van der Waals surface area contributed by atoms with Gasteiger partial charge in [0.05, 0.1) is 16.4 Å². The van der Waals surface area contributed by atoms with Crippen molar-refractivity contribution >= 4 is 40.1 Å². The van der Waals surface area contributed by atoms with E-state index in [0.717, 1.165) is 32.4 Å². The maximum absolute atomic E-state index is 13.0. The summed E-state index contributed by atoms with van der Waals surface area (Å²) in [6.45, 7) is 0.989. The van der Waals surface area contributed by atoms with E-state index in [1.54, 1.807) is 10.9 Å². The van der Waals surface area contributed by atoms with Gasteiger partial charge in [0.2, 0.25) is 5.91 Å². The predicted octanol–water partition coefficient (Wildman–Crippen LogP) is 4.07. The van der Waals surface area contributed by atoms with Gasteiger partial charge < -0.3 is 10.1 Å². The summed E-state index contributed by atoms with van der Waals surface area (Å²) in [5, 5.41) is 11.6. The number of thiazole rings is 1. The minimum Gasteiger partial charge on any atom is -0.487 e. The van der Waals surface area contributed by atoms with E-state index >= 15 is 0 Å². The summed E-state index contributed by atoms with van der Waals surface area (Å²) >= 11 is 5.81. The molecule has 0 saturated heterocycles. The minimum atomic E-state index is -0.459. The molecule has 1 fully saturated rings. The van der Waals surface area contributed by atoms with Crippen LogP contribution in [0.1, 0.15) is 30.1 Å². The molecule has 1 N–H and O–H groups in total. The zero-order valence-corrected chi connectivity index (χ0v) is 19.1. The number of hydrogen-bond acceptors (Lipinski definition) is 7. The lowest BCUT2D eigenvalue weighted by Crippen LogP contribution is -2.35. The Kier molecular flexibility index (Phi) is 6.09. The highest BCUT2D eigenvalue weighted by molar-refractivity contribution is 7.82. The minimum absolute atomic E-state index is 0.0312. The highest BCUT2D eigenvalue weighted by atomic mass is 32.2. The third-order valence-electron chi connectivity index (χ3n) is 5.45. The van der Waals surface area contributed by atoms with Gasteiger partial charge in [-0.15, -0.1) is 29.1 Å². The molecule has 1 amide bonds. The quantitative estimate of drug-likeness (QED) is 0.364. The van der Waals surface area contributed by atoms with Crippen molar-refractivity contribution in [1.82, 2.24) is 25.3 Å². The molecule has 0 radical (unpaired) electrons. The van der Waals surface area contributed by atoms with E-state index in [2.05, 4.69) is 33.2 Å². The molecule has 1 atom stereocenters. The van der Waals surface area contributed by atoms with Gasteiger partial charge in [-0.3, -0.25) is 4.79 Å². The second-order valence-electron chi connectivity index (χ2n) is 8.00. The molecule has 4 aromatic rings. The number of fused-ring (bicyclic) bond motifs is 1. The first-order chi connectivity index (χ1) is 15.6. The number of carbonyl (C=O) groups is 1. The average Bonchev–Trinajstić information content (AvgIpc) is 3.38. The second kappa shape index (κ2) is 9.30. The Morgan fingerprint density at radius 1 is 1.25 bits per heavy atom. The number of aromatic nitrogens is 4. The SMILES string of the molecule is O=C(NCC1CC1)[C@H](Cc1ccccc1)n1cc(COc2ccc3nc(S)sc3c2)nn1. The van der Waals surface area contributed by atoms with E-state index in [0.29, 0.717) is 18.0 Å². The van der Waals surface area contributed by atoms with Crippen molar-refractivity contribution in [3.63, 3.8) is 0 Å². The average molecular weight is 466 g/mol. The Balaban J connectivity index is 1.28. The number of amides is 1. The molecule has 2 heterocycles. The van der Waals surface area contributed by atoms with Gasteiger partial charge in [-0.1, -0.05) is 35.5 Å². The first-order valence-corrected chi connectivity index (χ1v) is 11.8. The third-order valence-corrected chi connectivity index (χ3v) is 6.64. The van der Waals surface area contributed by atoms with Gasteiger partial charge in [-0.05, 0) is 42.5 Å². The number of carbonyl (C=O) groups excluding carboxylic acids is 1. The molecule has 1 saturated carbocycles. The maximum atomic E-state index is 13.0. The van der Waals surface area contributed by atoms with Crippen molar-refractivity contribution in [3.05, 3.63) is 66.0 Å². The zero-order valence-electron chi connectivity index (χ0n) is 17.3. The first-order valence-electron chi connectivity index (χ1n) is 10.6. The van der Waals surface area contributed by atoms with Crippen LogP contribution in [0.25, 0.3) is 10.2 Å². The number of nitrogens with one attached hydrogen (secondary N) is 1. The standard InChI is InChI=1S/C23H23N5O2S2/c29-22(24-12-16-6-7-16)20(10-15-4-2-1-3-5-15)28-13-17(26-27-28)14-30-18-8-9-19-21(11-18)32-23(31)25-19/h1-5,8-9,11,13,16,20H,6-7,10,12,14H2,(H,24,29)(H,25,31)/t20-/m0/s1. The number of hydrogen-bond donors (Lipinski definition) is 2. The highest BCUT2D eigenvalue weighted by Gasteiger charge is 2.26. The van der Waals surface area contributed by atoms with Crippen LogP contribution in [0.4, 0.5) is 0 Å². The lowest BCUT2D eigenvalue weighted by Gasteiger charge is -2.17. The monoisotopic (exact) mass is 465 g/mol. The smallest absolute Gasteiger partial charge is 0.245 e. The van der Waals surface area contributed by atoms with Gasteiger partial charge in [-0.25, -0.2) is 9.67 Å².